The van der Waals surface area contributed by atoms with Crippen molar-refractivity contribution >= 4 is 0 Å². The number of ether oxygens (including phenoxy) is 2. The van der Waals surface area contributed by atoms with Crippen molar-refractivity contribution in [2.24, 2.45) is 5.92 Å². The number of hydrogen-bond donors (Lipinski definition) is 1. The van der Waals surface area contributed by atoms with E-state index in [1.807, 2.05) is 18.2 Å². The van der Waals surface area contributed by atoms with E-state index in [4.69, 9.17) is 9.47 Å². The largest absolute Gasteiger partial charge is 0.486 e. The van der Waals surface area contributed by atoms with Crippen molar-refractivity contribution in [2.45, 2.75) is 57.5 Å². The number of benzene rings is 1. The van der Waals surface area contributed by atoms with Gasteiger partial charge in [0.25, 0.3) is 0 Å². The highest BCUT2D eigenvalue weighted by molar-refractivity contribution is 5.45. The summed E-state index contributed by atoms with van der Waals surface area (Å²) in [6, 6.07) is 5.93. The number of rotatable bonds is 3. The lowest BCUT2D eigenvalue weighted by Gasteiger charge is -2.29. The van der Waals surface area contributed by atoms with E-state index in [0.717, 1.165) is 48.7 Å². The minimum absolute atomic E-state index is 0.591. The van der Waals surface area contributed by atoms with Gasteiger partial charge in [0, 0.05) is 0 Å². The molecule has 1 aromatic rings. The van der Waals surface area contributed by atoms with Crippen molar-refractivity contribution < 1.29 is 14.6 Å². The first-order chi connectivity index (χ1) is 10.2. The summed E-state index contributed by atoms with van der Waals surface area (Å²) < 4.78 is 11.2. The average molecular weight is 290 g/mol. The summed E-state index contributed by atoms with van der Waals surface area (Å²) in [7, 11) is 0. The van der Waals surface area contributed by atoms with Gasteiger partial charge in [0.1, 0.15) is 13.2 Å². The maximum absolute atomic E-state index is 11.1. The second kappa shape index (κ2) is 6.27. The molecule has 0 aromatic heterocycles. The van der Waals surface area contributed by atoms with Crippen LogP contribution in [0.4, 0.5) is 0 Å². The molecule has 2 atom stereocenters. The summed E-state index contributed by atoms with van der Waals surface area (Å²) in [6.45, 7) is 3.45. The molecule has 1 aromatic carbocycles. The van der Waals surface area contributed by atoms with Crippen molar-refractivity contribution in [3.05, 3.63) is 23.8 Å². The van der Waals surface area contributed by atoms with Crippen LogP contribution in [0.25, 0.3) is 0 Å². The topological polar surface area (TPSA) is 38.7 Å². The monoisotopic (exact) mass is 290 g/mol. The molecule has 0 saturated heterocycles. The second-order valence-corrected chi connectivity index (χ2v) is 6.48. The Balaban J connectivity index is 1.78. The summed E-state index contributed by atoms with van der Waals surface area (Å²) in [5.74, 6) is 2.36. The van der Waals surface area contributed by atoms with Gasteiger partial charge in [0.15, 0.2) is 11.5 Å². The van der Waals surface area contributed by atoms with E-state index in [0.29, 0.717) is 13.2 Å². The van der Waals surface area contributed by atoms with Gasteiger partial charge in [-0.3, -0.25) is 0 Å². The predicted octanol–water partition coefficient (Wildman–Crippen LogP) is 4.03. The highest BCUT2D eigenvalue weighted by Gasteiger charge is 2.33. The maximum Gasteiger partial charge on any atom is 0.161 e. The fourth-order valence-corrected chi connectivity index (χ4v) is 3.71. The lowest BCUT2D eigenvalue weighted by atomic mass is 9.85. The Morgan fingerprint density at radius 1 is 1.14 bits per heavy atom. The summed E-state index contributed by atoms with van der Waals surface area (Å²) in [6.07, 6.45) is 7.73. The van der Waals surface area contributed by atoms with Crippen molar-refractivity contribution in [2.75, 3.05) is 13.2 Å². The van der Waals surface area contributed by atoms with Crippen molar-refractivity contribution in [1.29, 1.82) is 0 Å². The molecule has 2 unspecified atom stereocenters. The van der Waals surface area contributed by atoms with Crippen LogP contribution < -0.4 is 9.47 Å². The number of fused-ring (bicyclic) bond motifs is 1. The Morgan fingerprint density at radius 3 is 2.76 bits per heavy atom. The minimum Gasteiger partial charge on any atom is -0.486 e. The molecule has 1 N–H and O–H groups in total. The SMILES string of the molecule is CCCC1CCCC(O)(c2ccc3c(c2)OCCO3)CC1. The third-order valence-corrected chi connectivity index (χ3v) is 4.95. The molecule has 21 heavy (non-hydrogen) atoms. The maximum atomic E-state index is 11.1. The van der Waals surface area contributed by atoms with Crippen LogP contribution >= 0.6 is 0 Å². The van der Waals surface area contributed by atoms with Crippen LogP contribution in [0.15, 0.2) is 18.2 Å². The minimum atomic E-state index is -0.696. The van der Waals surface area contributed by atoms with Gasteiger partial charge in [-0.2, -0.15) is 0 Å². The molecule has 0 bridgehead atoms. The summed E-state index contributed by atoms with van der Waals surface area (Å²) in [5, 5.41) is 11.1. The van der Waals surface area contributed by atoms with E-state index in [-0.39, 0.29) is 0 Å². The quantitative estimate of drug-likeness (QED) is 0.854. The molecule has 1 aliphatic carbocycles. The molecular formula is C18H26O3. The third kappa shape index (κ3) is 3.18. The predicted molar refractivity (Wildman–Crippen MR) is 82.8 cm³/mol. The molecule has 116 valence electrons. The van der Waals surface area contributed by atoms with Crippen molar-refractivity contribution in [3.8, 4) is 11.5 Å². The standard InChI is InChI=1S/C18H26O3/c1-2-4-14-5-3-9-18(19,10-8-14)15-6-7-16-17(13-15)21-12-11-20-16/h6-7,13-14,19H,2-5,8-12H2,1H3. The smallest absolute Gasteiger partial charge is 0.161 e. The van der Waals surface area contributed by atoms with Gasteiger partial charge in [0.2, 0.25) is 0 Å². The molecule has 3 rings (SSSR count). The van der Waals surface area contributed by atoms with Crippen LogP contribution in [0, 0.1) is 5.92 Å². The van der Waals surface area contributed by atoms with Crippen molar-refractivity contribution in [3.63, 3.8) is 0 Å². The average Bonchev–Trinajstić information content (AvgIpc) is 2.70. The van der Waals surface area contributed by atoms with Crippen molar-refractivity contribution in [1.82, 2.24) is 0 Å². The van der Waals surface area contributed by atoms with E-state index in [1.165, 1.54) is 19.3 Å². The van der Waals surface area contributed by atoms with Crippen LogP contribution in [-0.4, -0.2) is 18.3 Å². The molecule has 0 amide bonds. The molecule has 3 heteroatoms. The van der Waals surface area contributed by atoms with E-state index < -0.39 is 5.60 Å². The van der Waals surface area contributed by atoms with E-state index in [2.05, 4.69) is 6.92 Å². The molecule has 1 fully saturated rings. The fourth-order valence-electron chi connectivity index (χ4n) is 3.71. The van der Waals surface area contributed by atoms with Gasteiger partial charge in [-0.25, -0.2) is 0 Å². The highest BCUT2D eigenvalue weighted by atomic mass is 16.6. The lowest BCUT2D eigenvalue weighted by Crippen LogP contribution is -2.25. The Morgan fingerprint density at radius 2 is 1.95 bits per heavy atom. The van der Waals surface area contributed by atoms with E-state index in [1.54, 1.807) is 0 Å². The zero-order valence-electron chi connectivity index (χ0n) is 12.9. The van der Waals surface area contributed by atoms with Gasteiger partial charge in [-0.15, -0.1) is 0 Å². The Hall–Kier alpha value is -1.22. The summed E-state index contributed by atoms with van der Waals surface area (Å²) in [4.78, 5) is 0. The number of hydrogen-bond acceptors (Lipinski definition) is 3. The normalized spacial score (nSPS) is 29.0. The molecule has 3 nitrogen and oxygen atoms in total. The second-order valence-electron chi connectivity index (χ2n) is 6.48. The molecule has 2 aliphatic rings. The highest BCUT2D eigenvalue weighted by Crippen LogP contribution is 2.42. The molecule has 1 saturated carbocycles. The zero-order chi connectivity index (χ0) is 14.7. The zero-order valence-corrected chi connectivity index (χ0v) is 12.9. The molecule has 1 aliphatic heterocycles. The van der Waals surface area contributed by atoms with E-state index in [9.17, 15) is 5.11 Å². The van der Waals surface area contributed by atoms with Gasteiger partial charge in [0.05, 0.1) is 5.60 Å². The lowest BCUT2D eigenvalue weighted by molar-refractivity contribution is 0.0190. The van der Waals surface area contributed by atoms with E-state index >= 15 is 0 Å². The van der Waals surface area contributed by atoms with Gasteiger partial charge >= 0.3 is 0 Å². The first kappa shape index (κ1) is 14.7. The van der Waals surface area contributed by atoms with Crippen LogP contribution in [0.3, 0.4) is 0 Å². The molecular weight excluding hydrogens is 264 g/mol. The molecule has 1 heterocycles. The van der Waals surface area contributed by atoms with Gasteiger partial charge < -0.3 is 14.6 Å². The van der Waals surface area contributed by atoms with Crippen LogP contribution in [-0.2, 0) is 5.60 Å². The first-order valence-electron chi connectivity index (χ1n) is 8.34. The fraction of sp³-hybridized carbons (Fsp3) is 0.667. The Bertz CT molecular complexity index is 485. The first-order valence-corrected chi connectivity index (χ1v) is 8.34. The Labute approximate surface area is 127 Å². The molecule has 0 spiro atoms. The van der Waals surface area contributed by atoms with Gasteiger partial charge in [-0.05, 0) is 49.3 Å². The third-order valence-electron chi connectivity index (χ3n) is 4.95. The number of aliphatic hydroxyl groups is 1. The van der Waals surface area contributed by atoms with Crippen LogP contribution in [0.1, 0.15) is 57.4 Å². The van der Waals surface area contributed by atoms with Crippen LogP contribution in [0.2, 0.25) is 0 Å². The molecule has 0 radical (unpaired) electrons. The summed E-state index contributed by atoms with van der Waals surface area (Å²) >= 11 is 0. The Kier molecular flexibility index (Phi) is 4.39. The van der Waals surface area contributed by atoms with Gasteiger partial charge in [-0.1, -0.05) is 32.3 Å². The van der Waals surface area contributed by atoms with Crippen LogP contribution in [0.5, 0.6) is 11.5 Å². The summed E-state index contributed by atoms with van der Waals surface area (Å²) in [5.41, 5.74) is 0.294.